The van der Waals surface area contributed by atoms with Gasteiger partial charge in [-0.3, -0.25) is 4.79 Å². The molecule has 1 amide bonds. The van der Waals surface area contributed by atoms with E-state index in [1.807, 2.05) is 24.3 Å². The molecule has 2 N–H and O–H groups in total. The molecule has 0 atom stereocenters. The molecule has 0 saturated heterocycles. The second kappa shape index (κ2) is 9.37. The Kier molecular flexibility index (Phi) is 7.73. The highest BCUT2D eigenvalue weighted by Crippen LogP contribution is 2.12. The van der Waals surface area contributed by atoms with Crippen LogP contribution in [0.25, 0.3) is 0 Å². The molecule has 0 unspecified atom stereocenters. The number of carbonyl (C=O) groups excluding carboxylic acids is 1. The number of methoxy groups -OCH3 is 1. The van der Waals surface area contributed by atoms with E-state index < -0.39 is 0 Å². The van der Waals surface area contributed by atoms with Crippen LogP contribution in [0.5, 0.6) is 5.75 Å². The lowest BCUT2D eigenvalue weighted by atomic mass is 10.1. The third kappa shape index (κ3) is 7.14. The van der Waals surface area contributed by atoms with Crippen LogP contribution in [-0.4, -0.2) is 32.1 Å². The Balaban J connectivity index is 2.15. The first-order valence-electron chi connectivity index (χ1n) is 7.25. The van der Waals surface area contributed by atoms with E-state index in [0.29, 0.717) is 19.0 Å². The fourth-order valence-corrected chi connectivity index (χ4v) is 1.90. The Morgan fingerprint density at radius 2 is 2.10 bits per heavy atom. The van der Waals surface area contributed by atoms with Crippen molar-refractivity contribution in [1.82, 2.24) is 10.6 Å². The largest absolute Gasteiger partial charge is 0.497 e. The van der Waals surface area contributed by atoms with Crippen LogP contribution >= 0.6 is 0 Å². The standard InChI is InChI=1S/C16H26N2O2/c1-13(2)17-10-5-8-16(19)18-11-9-14-6-4-7-15(12-14)20-3/h4,6-7,12-13,17H,5,8-11H2,1-3H3,(H,18,19). The van der Waals surface area contributed by atoms with Crippen LogP contribution in [0.3, 0.4) is 0 Å². The van der Waals surface area contributed by atoms with E-state index >= 15 is 0 Å². The molecule has 4 nitrogen and oxygen atoms in total. The van der Waals surface area contributed by atoms with E-state index in [1.54, 1.807) is 7.11 Å². The van der Waals surface area contributed by atoms with Gasteiger partial charge in [-0.2, -0.15) is 0 Å². The fraction of sp³-hybridized carbons (Fsp3) is 0.562. The molecular weight excluding hydrogens is 252 g/mol. The Hall–Kier alpha value is -1.55. The van der Waals surface area contributed by atoms with Gasteiger partial charge < -0.3 is 15.4 Å². The average Bonchev–Trinajstić information content (AvgIpc) is 2.43. The number of hydrogen-bond donors (Lipinski definition) is 2. The predicted octanol–water partition coefficient (Wildman–Crippen LogP) is 2.13. The predicted molar refractivity (Wildman–Crippen MR) is 82.1 cm³/mol. The summed E-state index contributed by atoms with van der Waals surface area (Å²) in [6, 6.07) is 8.41. The molecule has 0 heterocycles. The summed E-state index contributed by atoms with van der Waals surface area (Å²) in [6.45, 7) is 5.77. The maximum atomic E-state index is 11.6. The minimum atomic E-state index is 0.124. The zero-order valence-electron chi connectivity index (χ0n) is 12.7. The molecule has 20 heavy (non-hydrogen) atoms. The summed E-state index contributed by atoms with van der Waals surface area (Å²) >= 11 is 0. The van der Waals surface area contributed by atoms with Gasteiger partial charge in [-0.15, -0.1) is 0 Å². The molecule has 0 aromatic heterocycles. The highest BCUT2D eigenvalue weighted by atomic mass is 16.5. The van der Waals surface area contributed by atoms with Crippen molar-refractivity contribution in [3.8, 4) is 5.75 Å². The summed E-state index contributed by atoms with van der Waals surface area (Å²) in [5, 5.41) is 6.25. The van der Waals surface area contributed by atoms with Crippen molar-refractivity contribution in [2.24, 2.45) is 0 Å². The Morgan fingerprint density at radius 1 is 1.30 bits per heavy atom. The molecule has 1 aromatic rings. The van der Waals surface area contributed by atoms with Crippen molar-refractivity contribution >= 4 is 5.91 Å². The summed E-state index contributed by atoms with van der Waals surface area (Å²) in [5.74, 6) is 0.979. The van der Waals surface area contributed by atoms with Crippen molar-refractivity contribution in [2.75, 3.05) is 20.2 Å². The molecule has 0 saturated carbocycles. The van der Waals surface area contributed by atoms with Gasteiger partial charge in [-0.25, -0.2) is 0 Å². The average molecular weight is 278 g/mol. The first kappa shape index (κ1) is 16.5. The number of nitrogens with one attached hydrogen (secondary N) is 2. The second-order valence-electron chi connectivity index (χ2n) is 5.16. The zero-order valence-corrected chi connectivity index (χ0v) is 12.7. The van der Waals surface area contributed by atoms with Gasteiger partial charge in [0.05, 0.1) is 7.11 Å². The van der Waals surface area contributed by atoms with Crippen LogP contribution in [0, 0.1) is 0 Å². The number of amides is 1. The molecule has 0 aliphatic heterocycles. The number of benzene rings is 1. The zero-order chi connectivity index (χ0) is 14.8. The van der Waals surface area contributed by atoms with Gasteiger partial charge in [0, 0.05) is 19.0 Å². The van der Waals surface area contributed by atoms with Crippen LogP contribution in [0.2, 0.25) is 0 Å². The third-order valence-electron chi connectivity index (χ3n) is 3.00. The normalized spacial score (nSPS) is 10.6. The van der Waals surface area contributed by atoms with Gasteiger partial charge in [-0.05, 0) is 37.1 Å². The molecule has 0 fully saturated rings. The lowest BCUT2D eigenvalue weighted by Crippen LogP contribution is -2.28. The van der Waals surface area contributed by atoms with Gasteiger partial charge in [-0.1, -0.05) is 26.0 Å². The van der Waals surface area contributed by atoms with Crippen LogP contribution in [0.15, 0.2) is 24.3 Å². The van der Waals surface area contributed by atoms with E-state index in [2.05, 4.69) is 24.5 Å². The smallest absolute Gasteiger partial charge is 0.220 e. The Bertz CT molecular complexity index is 405. The molecule has 0 spiro atoms. The van der Waals surface area contributed by atoms with Crippen molar-refractivity contribution in [3.63, 3.8) is 0 Å². The molecule has 112 valence electrons. The maximum Gasteiger partial charge on any atom is 0.220 e. The summed E-state index contributed by atoms with van der Waals surface area (Å²) in [4.78, 5) is 11.6. The number of rotatable bonds is 9. The number of carbonyl (C=O) groups is 1. The molecule has 0 aliphatic rings. The molecule has 0 bridgehead atoms. The monoisotopic (exact) mass is 278 g/mol. The molecule has 4 heteroatoms. The van der Waals surface area contributed by atoms with Gasteiger partial charge in [0.25, 0.3) is 0 Å². The van der Waals surface area contributed by atoms with Gasteiger partial charge in [0.1, 0.15) is 5.75 Å². The summed E-state index contributed by atoms with van der Waals surface area (Å²) in [6.07, 6.45) is 2.29. The molecular formula is C16H26N2O2. The molecule has 1 rings (SSSR count). The third-order valence-corrected chi connectivity index (χ3v) is 3.00. The van der Waals surface area contributed by atoms with Gasteiger partial charge in [0.15, 0.2) is 0 Å². The van der Waals surface area contributed by atoms with Crippen molar-refractivity contribution in [3.05, 3.63) is 29.8 Å². The first-order valence-corrected chi connectivity index (χ1v) is 7.25. The Labute approximate surface area is 121 Å². The lowest BCUT2D eigenvalue weighted by Gasteiger charge is -2.08. The van der Waals surface area contributed by atoms with Crippen molar-refractivity contribution in [2.45, 2.75) is 39.2 Å². The lowest BCUT2D eigenvalue weighted by molar-refractivity contribution is -0.121. The molecule has 0 aliphatic carbocycles. The topological polar surface area (TPSA) is 50.4 Å². The summed E-state index contributed by atoms with van der Waals surface area (Å²) < 4.78 is 5.17. The van der Waals surface area contributed by atoms with Crippen LogP contribution in [0.1, 0.15) is 32.3 Å². The van der Waals surface area contributed by atoms with E-state index in [0.717, 1.165) is 25.1 Å². The van der Waals surface area contributed by atoms with E-state index in [1.165, 1.54) is 5.56 Å². The van der Waals surface area contributed by atoms with Gasteiger partial charge in [0.2, 0.25) is 5.91 Å². The van der Waals surface area contributed by atoms with Crippen LogP contribution in [-0.2, 0) is 11.2 Å². The van der Waals surface area contributed by atoms with Gasteiger partial charge >= 0.3 is 0 Å². The minimum absolute atomic E-state index is 0.124. The fourth-order valence-electron chi connectivity index (χ4n) is 1.90. The quantitative estimate of drug-likeness (QED) is 0.680. The number of hydrogen-bond acceptors (Lipinski definition) is 3. The van der Waals surface area contributed by atoms with Crippen LogP contribution in [0.4, 0.5) is 0 Å². The summed E-state index contributed by atoms with van der Waals surface area (Å²) in [7, 11) is 1.66. The summed E-state index contributed by atoms with van der Waals surface area (Å²) in [5.41, 5.74) is 1.17. The SMILES string of the molecule is COc1cccc(CCNC(=O)CCCNC(C)C)c1. The van der Waals surface area contributed by atoms with E-state index in [-0.39, 0.29) is 5.91 Å². The minimum Gasteiger partial charge on any atom is -0.497 e. The Morgan fingerprint density at radius 3 is 2.80 bits per heavy atom. The second-order valence-corrected chi connectivity index (χ2v) is 5.16. The highest BCUT2D eigenvalue weighted by Gasteiger charge is 2.02. The van der Waals surface area contributed by atoms with Crippen LogP contribution < -0.4 is 15.4 Å². The number of ether oxygens (including phenoxy) is 1. The first-order chi connectivity index (χ1) is 9.61. The molecule has 1 aromatic carbocycles. The van der Waals surface area contributed by atoms with E-state index in [4.69, 9.17) is 4.74 Å². The van der Waals surface area contributed by atoms with Crippen molar-refractivity contribution in [1.29, 1.82) is 0 Å². The maximum absolute atomic E-state index is 11.6. The van der Waals surface area contributed by atoms with Crippen molar-refractivity contribution < 1.29 is 9.53 Å². The molecule has 0 radical (unpaired) electrons. The highest BCUT2D eigenvalue weighted by molar-refractivity contribution is 5.75. The van der Waals surface area contributed by atoms with E-state index in [9.17, 15) is 4.79 Å².